The summed E-state index contributed by atoms with van der Waals surface area (Å²) < 4.78 is 4.99. The molecule has 0 aliphatic heterocycles. The molecule has 120 heavy (non-hydrogen) atoms. The van der Waals surface area contributed by atoms with Crippen molar-refractivity contribution in [3.05, 3.63) is 441 Å². The normalized spacial score (nSPS) is 13.0. The third-order valence-electron chi connectivity index (χ3n) is 26.0. The molecule has 2 heterocycles. The van der Waals surface area contributed by atoms with Crippen LogP contribution in [0.3, 0.4) is 0 Å². The Morgan fingerprint density at radius 3 is 1.19 bits per heavy atom. The van der Waals surface area contributed by atoms with Crippen LogP contribution in [0.1, 0.15) is 49.9 Å². The van der Waals surface area contributed by atoms with E-state index in [2.05, 4.69) is 461 Å². The van der Waals surface area contributed by atoms with Gasteiger partial charge in [-0.3, -0.25) is 0 Å². The Morgan fingerprint density at radius 2 is 0.592 bits per heavy atom. The fourth-order valence-corrected chi connectivity index (χ4v) is 20.9. The minimum atomic E-state index is -0.249. The van der Waals surface area contributed by atoms with Crippen molar-refractivity contribution in [1.29, 1.82) is 0 Å². The zero-order valence-corrected chi connectivity index (χ0v) is 67.9. The Hall–Kier alpha value is -14.7. The molecule has 2 aromatic heterocycles. The minimum Gasteiger partial charge on any atom is -0.310 e. The van der Waals surface area contributed by atoms with Gasteiger partial charge in [-0.2, -0.15) is 0 Å². The molecule has 0 unspecified atom stereocenters. The summed E-state index contributed by atoms with van der Waals surface area (Å²) in [5.41, 5.74) is 37.1. The quantitative estimate of drug-likeness (QED) is 0.107. The zero-order chi connectivity index (χ0) is 79.9. The van der Waals surface area contributed by atoms with E-state index < -0.39 is 0 Å². The second-order valence-electron chi connectivity index (χ2n) is 33.5. The van der Waals surface area contributed by atoms with Crippen molar-refractivity contribution in [3.63, 3.8) is 0 Å². The molecule has 566 valence electrons. The van der Waals surface area contributed by atoms with Gasteiger partial charge in [-0.1, -0.05) is 313 Å². The van der Waals surface area contributed by atoms with Crippen molar-refractivity contribution in [3.8, 4) is 106 Å². The van der Waals surface area contributed by atoms with Crippen LogP contribution in [0.15, 0.2) is 419 Å². The van der Waals surface area contributed by atoms with Gasteiger partial charge in [0, 0.05) is 75.8 Å². The molecule has 23 rings (SSSR count). The summed E-state index contributed by atoms with van der Waals surface area (Å²) in [4.78, 5) is 4.92. The molecule has 0 saturated heterocycles. The maximum atomic E-state index is 2.50. The number of fused-ring (bicyclic) bond motifs is 14. The lowest BCUT2D eigenvalue weighted by Gasteiger charge is -2.29. The molecule has 4 heteroatoms. The van der Waals surface area contributed by atoms with E-state index in [0.717, 1.165) is 39.6 Å². The highest BCUT2D eigenvalue weighted by atomic mass is 32.1. The highest BCUT2D eigenvalue weighted by molar-refractivity contribution is 7.26. The van der Waals surface area contributed by atoms with E-state index in [1.807, 2.05) is 11.3 Å². The minimum absolute atomic E-state index is 0.157. The molecule has 0 spiro atoms. The number of anilines is 6. The molecule has 19 aromatic carbocycles. The van der Waals surface area contributed by atoms with Crippen molar-refractivity contribution in [1.82, 2.24) is 4.57 Å². The maximum absolute atomic E-state index is 2.50. The first-order valence-corrected chi connectivity index (χ1v) is 42.6. The van der Waals surface area contributed by atoms with Crippen LogP contribution in [0.25, 0.3) is 169 Å². The first-order chi connectivity index (χ1) is 58.9. The fourth-order valence-electron chi connectivity index (χ4n) is 19.8. The third-order valence-corrected chi connectivity index (χ3v) is 27.1. The van der Waals surface area contributed by atoms with E-state index in [1.165, 1.54) is 186 Å². The summed E-state index contributed by atoms with van der Waals surface area (Å²) in [5.74, 6) is 0. The molecule has 0 bridgehead atoms. The fraction of sp³-hybridized carbons (Fsp3) is 0.0517. The number of rotatable bonds is 14. The van der Waals surface area contributed by atoms with Gasteiger partial charge in [0.1, 0.15) is 0 Å². The summed E-state index contributed by atoms with van der Waals surface area (Å²) in [6.07, 6.45) is 0. The first kappa shape index (κ1) is 70.7. The Morgan fingerprint density at radius 1 is 0.217 bits per heavy atom. The monoisotopic (exact) mass is 1550 g/mol. The van der Waals surface area contributed by atoms with E-state index >= 15 is 0 Å². The number of thiophene rings is 1. The second-order valence-corrected chi connectivity index (χ2v) is 34.6. The maximum Gasteiger partial charge on any atom is 0.0554 e. The lowest BCUT2D eigenvalue weighted by molar-refractivity contribution is 0.660. The van der Waals surface area contributed by atoms with E-state index in [4.69, 9.17) is 0 Å². The van der Waals surface area contributed by atoms with E-state index in [0.29, 0.717) is 0 Å². The third kappa shape index (κ3) is 11.8. The van der Waals surface area contributed by atoms with Gasteiger partial charge in [0.25, 0.3) is 0 Å². The lowest BCUT2D eigenvalue weighted by atomic mass is 9.82. The SMILES string of the molecule is CC1(C)c2ccccc2-c2ccc(N(c3ccc(-c4ccc(-c5ccccc5-n5c6ccccc6c6ccccc65)cc4)cc3)c3ccc(-c4cccc(-c5ccc6cc(-c7ccc8c(c7)-c7ccc(N(c9ccc(-c%10cccc(-c%11ccc%12ccccc%12c%11)c%10)cc9)c9cccc%10sc%11ccccc%11c9%10)cc7C8(C)C)ccc6c5)c4)cc3)cc21. The molecule has 0 amide bonds. The molecule has 0 radical (unpaired) electrons. The molecule has 0 N–H and O–H groups in total. The predicted octanol–water partition coefficient (Wildman–Crippen LogP) is 32.7. The molecular weight excluding hydrogens is 1470 g/mol. The van der Waals surface area contributed by atoms with Crippen LogP contribution in [-0.4, -0.2) is 4.57 Å². The lowest BCUT2D eigenvalue weighted by Crippen LogP contribution is -2.16. The van der Waals surface area contributed by atoms with Crippen LogP contribution in [0.4, 0.5) is 34.1 Å². The van der Waals surface area contributed by atoms with Crippen LogP contribution in [0.5, 0.6) is 0 Å². The molecule has 21 aromatic rings. The number of aromatic nitrogens is 1. The summed E-state index contributed by atoms with van der Waals surface area (Å²) in [6.45, 7) is 9.54. The summed E-state index contributed by atoms with van der Waals surface area (Å²) >= 11 is 1.87. The predicted molar refractivity (Wildman–Crippen MR) is 511 cm³/mol. The molecule has 3 nitrogen and oxygen atoms in total. The Kier molecular flexibility index (Phi) is 16.5. The number of hydrogen-bond donors (Lipinski definition) is 0. The van der Waals surface area contributed by atoms with Crippen molar-refractivity contribution in [2.75, 3.05) is 9.80 Å². The average Bonchev–Trinajstić information content (AvgIpc) is 1.56. The molecular formula is C116H81N3S. The number of benzene rings is 19. The van der Waals surface area contributed by atoms with E-state index in [1.54, 1.807) is 0 Å². The van der Waals surface area contributed by atoms with Crippen LogP contribution in [-0.2, 0) is 10.8 Å². The van der Waals surface area contributed by atoms with Gasteiger partial charge < -0.3 is 14.4 Å². The van der Waals surface area contributed by atoms with Gasteiger partial charge in [0.05, 0.1) is 22.4 Å². The summed E-state index contributed by atoms with van der Waals surface area (Å²) in [7, 11) is 0. The molecule has 2 aliphatic carbocycles. The first-order valence-electron chi connectivity index (χ1n) is 41.7. The largest absolute Gasteiger partial charge is 0.310 e. The number of para-hydroxylation sites is 3. The van der Waals surface area contributed by atoms with Crippen molar-refractivity contribution < 1.29 is 0 Å². The van der Waals surface area contributed by atoms with Gasteiger partial charge >= 0.3 is 0 Å². The Balaban J connectivity index is 0.525. The van der Waals surface area contributed by atoms with Crippen molar-refractivity contribution in [2.24, 2.45) is 0 Å². The van der Waals surface area contributed by atoms with Gasteiger partial charge in [0.2, 0.25) is 0 Å². The van der Waals surface area contributed by atoms with E-state index in [-0.39, 0.29) is 10.8 Å². The second kappa shape index (κ2) is 28.0. The van der Waals surface area contributed by atoms with Crippen molar-refractivity contribution in [2.45, 2.75) is 38.5 Å². The Labute approximate surface area is 703 Å². The smallest absolute Gasteiger partial charge is 0.0554 e. The molecule has 2 aliphatic rings. The van der Waals surface area contributed by atoms with Crippen LogP contribution >= 0.6 is 11.3 Å². The van der Waals surface area contributed by atoms with E-state index in [9.17, 15) is 0 Å². The average molecular weight is 1550 g/mol. The van der Waals surface area contributed by atoms with Crippen LogP contribution in [0, 0.1) is 0 Å². The standard InChI is InChI=1S/C116H81N3S/c1-115(2)104-31-12-7-27-97(104)98-63-61-94(72-106(98)115)117(91-55-48-76(49-56-91)75-38-41-79(42-39-75)96-26-8-13-32-108(96)119-109-33-14-9-28-100(109)101-29-10-15-34-110(101)119)92-57-50-77(51-58-92)81-22-18-25-84(67-81)86-44-45-88-70-89(47-46-87(88)69-86)90-54-65-105-103(71-90)99-64-62-95(73-107(99)116(105,3)4)118(111-35-19-37-113-114(111)102-30-11-16-36-112(102)120-113)93-59-52-78(53-60-93)82-23-17-24-83(66-82)85-43-40-74-20-5-6-21-80(74)68-85/h5-73H,1-4H3. The highest BCUT2D eigenvalue weighted by Gasteiger charge is 2.38. The molecule has 0 atom stereocenters. The van der Waals surface area contributed by atoms with Gasteiger partial charge in [-0.15, -0.1) is 11.3 Å². The summed E-state index contributed by atoms with van der Waals surface area (Å²) in [5, 5.41) is 9.99. The Bertz CT molecular complexity index is 7650. The summed E-state index contributed by atoms with van der Waals surface area (Å²) in [6, 6.07) is 156. The number of hydrogen-bond acceptors (Lipinski definition) is 3. The highest BCUT2D eigenvalue weighted by Crippen LogP contribution is 2.55. The van der Waals surface area contributed by atoms with Crippen LogP contribution in [0.2, 0.25) is 0 Å². The molecule has 0 fully saturated rings. The zero-order valence-electron chi connectivity index (χ0n) is 67.1. The van der Waals surface area contributed by atoms with Crippen LogP contribution < -0.4 is 9.80 Å². The van der Waals surface area contributed by atoms with Gasteiger partial charge in [0.15, 0.2) is 0 Å². The topological polar surface area (TPSA) is 11.4 Å². The van der Waals surface area contributed by atoms with Gasteiger partial charge in [-0.05, 0) is 272 Å². The number of nitrogens with zero attached hydrogens (tertiary/aromatic N) is 3. The molecule has 0 saturated carbocycles. The van der Waals surface area contributed by atoms with Gasteiger partial charge in [-0.25, -0.2) is 0 Å². The van der Waals surface area contributed by atoms with Crippen molar-refractivity contribution >= 4 is 109 Å².